The molecule has 7 heteroatoms. The second-order valence-electron chi connectivity index (χ2n) is 5.79. The predicted octanol–water partition coefficient (Wildman–Crippen LogP) is 3.63. The lowest BCUT2D eigenvalue weighted by Gasteiger charge is -2.18. The average Bonchev–Trinajstić information content (AvgIpc) is 2.67. The van der Waals surface area contributed by atoms with Gasteiger partial charge in [0.05, 0.1) is 25.3 Å². The molecule has 6 nitrogen and oxygen atoms in total. The zero-order valence-corrected chi connectivity index (χ0v) is 16.5. The average molecular weight is 388 g/mol. The summed E-state index contributed by atoms with van der Waals surface area (Å²) >= 11 is 5.33. The zero-order valence-electron chi connectivity index (χ0n) is 15.7. The topological polar surface area (TPSA) is 68.8 Å². The van der Waals surface area contributed by atoms with E-state index in [0.29, 0.717) is 29.6 Å². The number of benzene rings is 2. The number of rotatable bonds is 8. The maximum Gasteiger partial charge on any atom is 0.338 e. The number of thiocarbonyl (C=S) groups is 1. The summed E-state index contributed by atoms with van der Waals surface area (Å²) in [5, 5.41) is 6.66. The summed E-state index contributed by atoms with van der Waals surface area (Å²) in [6.45, 7) is 4.51. The number of esters is 1. The van der Waals surface area contributed by atoms with Gasteiger partial charge in [0.1, 0.15) is 18.1 Å². The largest absolute Gasteiger partial charge is 0.497 e. The molecule has 0 saturated carbocycles. The summed E-state index contributed by atoms with van der Waals surface area (Å²) < 4.78 is 15.8. The molecule has 0 aliphatic carbocycles. The normalized spacial score (nSPS) is 11.2. The molecule has 0 aliphatic heterocycles. The molecule has 0 radical (unpaired) electrons. The number of ether oxygens (including phenoxy) is 3. The van der Waals surface area contributed by atoms with Gasteiger partial charge in [0.25, 0.3) is 0 Å². The molecule has 0 amide bonds. The van der Waals surface area contributed by atoms with Crippen molar-refractivity contribution in [3.63, 3.8) is 0 Å². The van der Waals surface area contributed by atoms with Gasteiger partial charge in [-0.05, 0) is 68.5 Å². The van der Waals surface area contributed by atoms with Gasteiger partial charge in [0, 0.05) is 5.69 Å². The van der Waals surface area contributed by atoms with Gasteiger partial charge in [-0.1, -0.05) is 6.07 Å². The van der Waals surface area contributed by atoms with E-state index in [2.05, 4.69) is 10.6 Å². The van der Waals surface area contributed by atoms with E-state index in [0.717, 1.165) is 11.5 Å². The minimum atomic E-state index is -0.360. The van der Waals surface area contributed by atoms with E-state index in [1.165, 1.54) is 0 Å². The standard InChI is InChI=1S/C20H24N2O4S/c1-4-25-19(23)15-6-5-7-16(12-15)22-20(27)21-14(2)13-26-18-10-8-17(24-3)9-11-18/h5-12,14H,4,13H2,1-3H3,(H2,21,22,27)/t14-/m0/s1. The Hall–Kier alpha value is -2.80. The Balaban J connectivity index is 1.82. The Labute approximate surface area is 164 Å². The Morgan fingerprint density at radius 1 is 1.15 bits per heavy atom. The van der Waals surface area contributed by atoms with Gasteiger partial charge in [0.2, 0.25) is 0 Å². The van der Waals surface area contributed by atoms with Gasteiger partial charge >= 0.3 is 5.97 Å². The van der Waals surface area contributed by atoms with E-state index >= 15 is 0 Å². The quantitative estimate of drug-likeness (QED) is 0.529. The maximum atomic E-state index is 11.8. The molecule has 144 valence electrons. The molecule has 2 N–H and O–H groups in total. The molecular weight excluding hydrogens is 364 g/mol. The first-order chi connectivity index (χ1) is 13.0. The van der Waals surface area contributed by atoms with Crippen LogP contribution in [0.3, 0.4) is 0 Å². The highest BCUT2D eigenvalue weighted by atomic mass is 32.1. The van der Waals surface area contributed by atoms with E-state index < -0.39 is 0 Å². The third kappa shape index (κ3) is 6.79. The van der Waals surface area contributed by atoms with Crippen LogP contribution in [0.15, 0.2) is 48.5 Å². The predicted molar refractivity (Wildman–Crippen MR) is 110 cm³/mol. The van der Waals surface area contributed by atoms with Crippen molar-refractivity contribution in [2.45, 2.75) is 19.9 Å². The number of carbonyl (C=O) groups excluding carboxylic acids is 1. The smallest absolute Gasteiger partial charge is 0.338 e. The van der Waals surface area contributed by atoms with Crippen LogP contribution in [0, 0.1) is 0 Å². The molecule has 2 aromatic rings. The summed E-state index contributed by atoms with van der Waals surface area (Å²) in [6.07, 6.45) is 0. The monoisotopic (exact) mass is 388 g/mol. The van der Waals surface area contributed by atoms with Gasteiger partial charge in [-0.2, -0.15) is 0 Å². The number of hydrogen-bond acceptors (Lipinski definition) is 5. The molecule has 0 spiro atoms. The zero-order chi connectivity index (χ0) is 19.6. The number of hydrogen-bond donors (Lipinski definition) is 2. The van der Waals surface area contributed by atoms with Gasteiger partial charge < -0.3 is 24.8 Å². The number of methoxy groups -OCH3 is 1. The fourth-order valence-electron chi connectivity index (χ4n) is 2.26. The molecule has 2 aromatic carbocycles. The van der Waals surface area contributed by atoms with Crippen molar-refractivity contribution >= 4 is 29.0 Å². The SMILES string of the molecule is CCOC(=O)c1cccc(NC(=S)N[C@@H](C)COc2ccc(OC)cc2)c1. The Kier molecular flexibility index (Phi) is 7.88. The second-order valence-corrected chi connectivity index (χ2v) is 6.20. The van der Waals surface area contributed by atoms with E-state index in [1.807, 2.05) is 37.3 Å². The van der Waals surface area contributed by atoms with Crippen LogP contribution < -0.4 is 20.1 Å². The second kappa shape index (κ2) is 10.4. The minimum absolute atomic E-state index is 0.0136. The molecule has 2 rings (SSSR count). The van der Waals surface area contributed by atoms with Crippen molar-refractivity contribution in [3.05, 3.63) is 54.1 Å². The fourth-order valence-corrected chi connectivity index (χ4v) is 2.58. The van der Waals surface area contributed by atoms with E-state index in [9.17, 15) is 4.79 Å². The molecule has 0 bridgehead atoms. The van der Waals surface area contributed by atoms with Crippen molar-refractivity contribution in [2.75, 3.05) is 25.6 Å². The molecular formula is C20H24N2O4S. The molecule has 0 aromatic heterocycles. The van der Waals surface area contributed by atoms with E-state index in [4.69, 9.17) is 26.4 Å². The van der Waals surface area contributed by atoms with Crippen LogP contribution in [-0.2, 0) is 4.74 Å². The maximum absolute atomic E-state index is 11.8. The van der Waals surface area contributed by atoms with Crippen molar-refractivity contribution in [3.8, 4) is 11.5 Å². The summed E-state index contributed by atoms with van der Waals surface area (Å²) in [4.78, 5) is 11.8. The lowest BCUT2D eigenvalue weighted by Crippen LogP contribution is -2.39. The van der Waals surface area contributed by atoms with Crippen LogP contribution in [0.2, 0.25) is 0 Å². The van der Waals surface area contributed by atoms with Crippen LogP contribution in [0.4, 0.5) is 5.69 Å². The highest BCUT2D eigenvalue weighted by Crippen LogP contribution is 2.17. The summed E-state index contributed by atoms with van der Waals surface area (Å²) in [6, 6.07) is 14.4. The highest BCUT2D eigenvalue weighted by Gasteiger charge is 2.09. The van der Waals surface area contributed by atoms with Crippen LogP contribution >= 0.6 is 12.2 Å². The number of carbonyl (C=O) groups is 1. The van der Waals surface area contributed by atoms with Crippen LogP contribution in [0.25, 0.3) is 0 Å². The van der Waals surface area contributed by atoms with Crippen LogP contribution in [0.1, 0.15) is 24.2 Å². The third-order valence-corrected chi connectivity index (χ3v) is 3.79. The Bertz CT molecular complexity index is 765. The molecule has 0 heterocycles. The third-order valence-electron chi connectivity index (χ3n) is 3.57. The number of nitrogens with one attached hydrogen (secondary N) is 2. The van der Waals surface area contributed by atoms with Crippen LogP contribution in [-0.4, -0.2) is 37.4 Å². The van der Waals surface area contributed by atoms with E-state index in [-0.39, 0.29) is 12.0 Å². The molecule has 0 fully saturated rings. The molecule has 1 atom stereocenters. The highest BCUT2D eigenvalue weighted by molar-refractivity contribution is 7.80. The number of anilines is 1. The van der Waals surface area contributed by atoms with Gasteiger partial charge in [-0.15, -0.1) is 0 Å². The fraction of sp³-hybridized carbons (Fsp3) is 0.300. The molecule has 27 heavy (non-hydrogen) atoms. The van der Waals surface area contributed by atoms with Crippen molar-refractivity contribution in [2.24, 2.45) is 0 Å². The van der Waals surface area contributed by atoms with Gasteiger partial charge in [-0.3, -0.25) is 0 Å². The first kappa shape index (κ1) is 20.5. The van der Waals surface area contributed by atoms with Crippen molar-refractivity contribution < 1.29 is 19.0 Å². The Morgan fingerprint density at radius 3 is 2.52 bits per heavy atom. The van der Waals surface area contributed by atoms with Crippen molar-refractivity contribution in [1.29, 1.82) is 0 Å². The Morgan fingerprint density at radius 2 is 1.85 bits per heavy atom. The lowest BCUT2D eigenvalue weighted by molar-refractivity contribution is 0.0526. The minimum Gasteiger partial charge on any atom is -0.497 e. The molecule has 0 saturated heterocycles. The lowest BCUT2D eigenvalue weighted by atomic mass is 10.2. The van der Waals surface area contributed by atoms with Crippen LogP contribution in [0.5, 0.6) is 11.5 Å². The van der Waals surface area contributed by atoms with Gasteiger partial charge in [-0.25, -0.2) is 4.79 Å². The molecule has 0 unspecified atom stereocenters. The molecule has 0 aliphatic rings. The van der Waals surface area contributed by atoms with Crippen molar-refractivity contribution in [1.82, 2.24) is 5.32 Å². The van der Waals surface area contributed by atoms with E-state index in [1.54, 1.807) is 32.2 Å². The summed E-state index contributed by atoms with van der Waals surface area (Å²) in [7, 11) is 1.62. The summed E-state index contributed by atoms with van der Waals surface area (Å²) in [5.41, 5.74) is 1.18. The first-order valence-corrected chi connectivity index (χ1v) is 9.04. The summed E-state index contributed by atoms with van der Waals surface area (Å²) in [5.74, 6) is 1.18. The van der Waals surface area contributed by atoms with Gasteiger partial charge in [0.15, 0.2) is 5.11 Å². The first-order valence-electron chi connectivity index (χ1n) is 8.63.